The van der Waals surface area contributed by atoms with Crippen LogP contribution in [0.15, 0.2) is 35.2 Å². The third kappa shape index (κ3) is 5.77. The van der Waals surface area contributed by atoms with Gasteiger partial charge in [-0.25, -0.2) is 4.79 Å². The molecule has 0 aromatic heterocycles. The normalized spacial score (nSPS) is 12.0. The molecular weight excluding hydrogens is 294 g/mol. The van der Waals surface area contributed by atoms with Crippen LogP contribution in [0.2, 0.25) is 0 Å². The van der Waals surface area contributed by atoms with Crippen molar-refractivity contribution in [2.75, 3.05) is 20.8 Å². The van der Waals surface area contributed by atoms with Gasteiger partial charge in [-0.15, -0.1) is 0 Å². The molecule has 0 amide bonds. The van der Waals surface area contributed by atoms with Crippen molar-refractivity contribution >= 4 is 11.7 Å². The van der Waals surface area contributed by atoms with Crippen LogP contribution in [-0.4, -0.2) is 32.5 Å². The molecule has 0 aliphatic carbocycles. The molecule has 23 heavy (non-hydrogen) atoms. The molecule has 5 heteroatoms. The molecule has 0 saturated carbocycles. The molecule has 0 fully saturated rings. The van der Waals surface area contributed by atoms with Gasteiger partial charge in [0.2, 0.25) is 0 Å². The van der Waals surface area contributed by atoms with Crippen LogP contribution in [0, 0.1) is 6.92 Å². The standard InChI is InChI=1S/C18H25NO4/c1-6-9-23-19-14(3)15-8-7-13(2)16(10-15)11-17(12-21-4)18(20)22-5/h7-8,10,12H,6,9,11H2,1-5H3/b17-12+,19-14+. The van der Waals surface area contributed by atoms with Crippen molar-refractivity contribution in [1.82, 2.24) is 0 Å². The monoisotopic (exact) mass is 319 g/mol. The van der Waals surface area contributed by atoms with Crippen LogP contribution in [-0.2, 0) is 25.5 Å². The Morgan fingerprint density at radius 1 is 1.30 bits per heavy atom. The van der Waals surface area contributed by atoms with Crippen LogP contribution < -0.4 is 0 Å². The molecule has 0 unspecified atom stereocenters. The number of nitrogens with zero attached hydrogens (tertiary/aromatic N) is 1. The molecule has 0 bridgehead atoms. The molecule has 0 atom stereocenters. The Hall–Kier alpha value is -2.30. The van der Waals surface area contributed by atoms with Gasteiger partial charge in [0, 0.05) is 6.42 Å². The van der Waals surface area contributed by atoms with Crippen LogP contribution in [0.25, 0.3) is 0 Å². The summed E-state index contributed by atoms with van der Waals surface area (Å²) in [5.74, 6) is -0.395. The zero-order valence-corrected chi connectivity index (χ0v) is 14.5. The second-order valence-corrected chi connectivity index (χ2v) is 5.20. The lowest BCUT2D eigenvalue weighted by Gasteiger charge is -2.10. The molecular formula is C18H25NO4. The molecule has 1 aromatic rings. The highest BCUT2D eigenvalue weighted by Gasteiger charge is 2.13. The van der Waals surface area contributed by atoms with E-state index in [1.54, 1.807) is 0 Å². The van der Waals surface area contributed by atoms with Crippen molar-refractivity contribution in [2.24, 2.45) is 5.16 Å². The molecule has 0 saturated heterocycles. The van der Waals surface area contributed by atoms with Gasteiger partial charge in [-0.1, -0.05) is 24.2 Å². The largest absolute Gasteiger partial charge is 0.504 e. The zero-order valence-electron chi connectivity index (χ0n) is 14.5. The number of esters is 1. The first-order chi connectivity index (χ1) is 11.0. The summed E-state index contributed by atoms with van der Waals surface area (Å²) in [5.41, 5.74) is 4.33. The van der Waals surface area contributed by atoms with Crippen molar-refractivity contribution in [1.29, 1.82) is 0 Å². The first-order valence-corrected chi connectivity index (χ1v) is 7.60. The molecule has 0 aliphatic rings. The van der Waals surface area contributed by atoms with E-state index >= 15 is 0 Å². The summed E-state index contributed by atoms with van der Waals surface area (Å²) < 4.78 is 9.76. The van der Waals surface area contributed by atoms with Gasteiger partial charge in [-0.05, 0) is 43.0 Å². The van der Waals surface area contributed by atoms with E-state index in [2.05, 4.69) is 5.16 Å². The second-order valence-electron chi connectivity index (χ2n) is 5.20. The summed E-state index contributed by atoms with van der Waals surface area (Å²) >= 11 is 0. The number of carbonyl (C=O) groups excluding carboxylic acids is 1. The Labute approximate surface area is 137 Å². The maximum absolute atomic E-state index is 11.8. The predicted octanol–water partition coefficient (Wildman–Crippen LogP) is 3.39. The molecule has 0 heterocycles. The maximum Gasteiger partial charge on any atom is 0.337 e. The van der Waals surface area contributed by atoms with Gasteiger partial charge in [0.05, 0.1) is 31.8 Å². The Kier molecular flexibility index (Phi) is 7.88. The van der Waals surface area contributed by atoms with Gasteiger partial charge in [0.25, 0.3) is 0 Å². The summed E-state index contributed by atoms with van der Waals surface area (Å²) in [7, 11) is 2.87. The lowest BCUT2D eigenvalue weighted by molar-refractivity contribution is -0.136. The SMILES string of the molecule is CCCO/N=C(\C)c1ccc(C)c(C/C(=C\OC)C(=O)OC)c1. The molecule has 1 aromatic carbocycles. The topological polar surface area (TPSA) is 57.1 Å². The van der Waals surface area contributed by atoms with E-state index in [-0.39, 0.29) is 0 Å². The van der Waals surface area contributed by atoms with Gasteiger partial charge in [0.1, 0.15) is 6.61 Å². The van der Waals surface area contributed by atoms with Crippen molar-refractivity contribution in [2.45, 2.75) is 33.6 Å². The number of carbonyl (C=O) groups is 1. The average molecular weight is 319 g/mol. The van der Waals surface area contributed by atoms with E-state index in [0.717, 1.165) is 28.8 Å². The summed E-state index contributed by atoms with van der Waals surface area (Å²) in [6.45, 7) is 6.53. The number of hydrogen-bond acceptors (Lipinski definition) is 5. The minimum atomic E-state index is -0.395. The number of oxime groups is 1. The summed E-state index contributed by atoms with van der Waals surface area (Å²) in [6, 6.07) is 6.01. The third-order valence-electron chi connectivity index (χ3n) is 3.35. The number of rotatable bonds is 8. The van der Waals surface area contributed by atoms with E-state index in [0.29, 0.717) is 18.6 Å². The van der Waals surface area contributed by atoms with Crippen LogP contribution in [0.5, 0.6) is 0 Å². The molecule has 0 spiro atoms. The molecule has 1 rings (SSSR count). The Morgan fingerprint density at radius 3 is 2.65 bits per heavy atom. The lowest BCUT2D eigenvalue weighted by Crippen LogP contribution is -2.09. The fourth-order valence-corrected chi connectivity index (χ4v) is 2.01. The second kappa shape index (κ2) is 9.66. The maximum atomic E-state index is 11.8. The molecule has 0 radical (unpaired) electrons. The van der Waals surface area contributed by atoms with E-state index in [4.69, 9.17) is 14.3 Å². The molecule has 0 aliphatic heterocycles. The highest BCUT2D eigenvalue weighted by Crippen LogP contribution is 2.17. The highest BCUT2D eigenvalue weighted by atomic mass is 16.6. The fourth-order valence-electron chi connectivity index (χ4n) is 2.01. The number of ether oxygens (including phenoxy) is 2. The zero-order chi connectivity index (χ0) is 17.2. The van der Waals surface area contributed by atoms with Crippen molar-refractivity contribution in [3.05, 3.63) is 46.7 Å². The molecule has 5 nitrogen and oxygen atoms in total. The smallest absolute Gasteiger partial charge is 0.337 e. The van der Waals surface area contributed by atoms with E-state index in [9.17, 15) is 4.79 Å². The van der Waals surface area contributed by atoms with Crippen molar-refractivity contribution in [3.63, 3.8) is 0 Å². The number of benzene rings is 1. The minimum absolute atomic E-state index is 0.395. The quantitative estimate of drug-likeness (QED) is 0.184. The average Bonchev–Trinajstić information content (AvgIpc) is 2.55. The van der Waals surface area contributed by atoms with E-state index in [1.807, 2.05) is 39.0 Å². The van der Waals surface area contributed by atoms with Gasteiger partial charge < -0.3 is 14.3 Å². The Morgan fingerprint density at radius 2 is 2.04 bits per heavy atom. The minimum Gasteiger partial charge on any atom is -0.504 e. The van der Waals surface area contributed by atoms with Gasteiger partial charge in [0.15, 0.2) is 0 Å². The lowest BCUT2D eigenvalue weighted by atomic mass is 9.97. The van der Waals surface area contributed by atoms with Gasteiger partial charge in [-0.2, -0.15) is 0 Å². The van der Waals surface area contributed by atoms with Crippen LogP contribution >= 0.6 is 0 Å². The van der Waals surface area contributed by atoms with Crippen molar-refractivity contribution < 1.29 is 19.1 Å². The number of hydrogen-bond donors (Lipinski definition) is 0. The first-order valence-electron chi connectivity index (χ1n) is 7.60. The van der Waals surface area contributed by atoms with E-state index in [1.165, 1.54) is 20.5 Å². The number of aryl methyl sites for hydroxylation is 1. The summed E-state index contributed by atoms with van der Waals surface area (Å²) in [4.78, 5) is 17.0. The fraction of sp³-hybridized carbons (Fsp3) is 0.444. The third-order valence-corrected chi connectivity index (χ3v) is 3.35. The van der Waals surface area contributed by atoms with Gasteiger partial charge >= 0.3 is 5.97 Å². The highest BCUT2D eigenvalue weighted by molar-refractivity contribution is 5.98. The molecule has 0 N–H and O–H groups in total. The predicted molar refractivity (Wildman–Crippen MR) is 90.4 cm³/mol. The van der Waals surface area contributed by atoms with Crippen LogP contribution in [0.1, 0.15) is 37.0 Å². The number of methoxy groups -OCH3 is 2. The summed E-state index contributed by atoms with van der Waals surface area (Å²) in [5, 5.41) is 4.11. The summed E-state index contributed by atoms with van der Waals surface area (Å²) in [6.07, 6.45) is 2.77. The van der Waals surface area contributed by atoms with E-state index < -0.39 is 5.97 Å². The molecule has 126 valence electrons. The van der Waals surface area contributed by atoms with Crippen molar-refractivity contribution in [3.8, 4) is 0 Å². The van der Waals surface area contributed by atoms with Crippen LogP contribution in [0.3, 0.4) is 0 Å². The first kappa shape index (κ1) is 18.7. The Balaban J connectivity index is 3.03. The van der Waals surface area contributed by atoms with Gasteiger partial charge in [-0.3, -0.25) is 0 Å². The van der Waals surface area contributed by atoms with Crippen LogP contribution in [0.4, 0.5) is 0 Å². The Bertz CT molecular complexity index is 591.